The Balaban J connectivity index is 1.47. The van der Waals surface area contributed by atoms with E-state index < -0.39 is 17.6 Å². The van der Waals surface area contributed by atoms with E-state index in [1.165, 1.54) is 36.0 Å². The lowest BCUT2D eigenvalue weighted by molar-refractivity contribution is -0.115. The molecule has 1 unspecified atom stereocenters. The molecule has 0 bridgehead atoms. The first-order valence-corrected chi connectivity index (χ1v) is 13.4. The van der Waals surface area contributed by atoms with E-state index in [0.717, 1.165) is 4.90 Å². The molecule has 0 fully saturated rings. The first-order valence-electron chi connectivity index (χ1n) is 12.1. The van der Waals surface area contributed by atoms with E-state index in [-0.39, 0.29) is 27.4 Å². The summed E-state index contributed by atoms with van der Waals surface area (Å²) in [4.78, 5) is 43.2. The zero-order chi connectivity index (χ0) is 28.5. The van der Waals surface area contributed by atoms with Gasteiger partial charge in [-0.15, -0.1) is 11.8 Å². The first kappa shape index (κ1) is 28.5. The summed E-state index contributed by atoms with van der Waals surface area (Å²) in [6, 6.07) is 22.7. The summed E-state index contributed by atoms with van der Waals surface area (Å²) in [6.07, 6.45) is 4.39. The summed E-state index contributed by atoms with van der Waals surface area (Å²) < 4.78 is 14.5. The minimum absolute atomic E-state index is 0.0338. The number of thioether (sulfide) groups is 1. The predicted molar refractivity (Wildman–Crippen MR) is 157 cm³/mol. The van der Waals surface area contributed by atoms with Crippen molar-refractivity contribution in [2.45, 2.75) is 17.1 Å². The van der Waals surface area contributed by atoms with E-state index in [1.54, 1.807) is 86.0 Å². The third-order valence-electron chi connectivity index (χ3n) is 5.56. The molecule has 10 heteroatoms. The molecule has 0 aliphatic carbocycles. The molecule has 1 aromatic heterocycles. The number of pyridine rings is 1. The van der Waals surface area contributed by atoms with Crippen LogP contribution in [0.25, 0.3) is 6.08 Å². The maximum atomic E-state index is 14.5. The minimum atomic E-state index is -0.672. The highest BCUT2D eigenvalue weighted by Gasteiger charge is 2.18. The van der Waals surface area contributed by atoms with E-state index in [4.69, 9.17) is 11.6 Å². The molecule has 4 aromatic rings. The third kappa shape index (κ3) is 7.78. The monoisotopic (exact) mass is 574 g/mol. The van der Waals surface area contributed by atoms with Gasteiger partial charge in [-0.05, 0) is 73.7 Å². The summed E-state index contributed by atoms with van der Waals surface area (Å²) in [7, 11) is 0. The Morgan fingerprint density at radius 3 is 2.23 bits per heavy atom. The van der Waals surface area contributed by atoms with Crippen molar-refractivity contribution < 1.29 is 18.8 Å². The molecule has 3 N–H and O–H groups in total. The number of anilines is 2. The van der Waals surface area contributed by atoms with Gasteiger partial charge in [-0.1, -0.05) is 35.9 Å². The largest absolute Gasteiger partial charge is 0.325 e. The molecule has 4 rings (SSSR count). The standard InChI is InChI=1S/C30H24ClFN4O3S/c1-19(28(37)34-22-14-16-33-17-15-22)40-23-12-10-21(11-13-23)35-30(39)27(18-24-25(31)8-5-9-26(24)32)36-29(38)20-6-3-2-4-7-20/h2-19H,1H3,(H,35,39)(H,36,38)(H,33,34,37)/b27-18-. The van der Waals surface area contributed by atoms with Crippen LogP contribution < -0.4 is 16.0 Å². The summed E-state index contributed by atoms with van der Waals surface area (Å²) in [5.41, 5.74) is 1.19. The van der Waals surface area contributed by atoms with Crippen LogP contribution in [0.4, 0.5) is 15.8 Å². The van der Waals surface area contributed by atoms with Crippen molar-refractivity contribution in [3.8, 4) is 0 Å². The highest BCUT2D eigenvalue weighted by atomic mass is 35.5. The molecule has 0 radical (unpaired) electrons. The third-order valence-corrected chi connectivity index (χ3v) is 7.00. The van der Waals surface area contributed by atoms with E-state index in [9.17, 15) is 18.8 Å². The zero-order valence-corrected chi connectivity index (χ0v) is 22.8. The van der Waals surface area contributed by atoms with Crippen LogP contribution >= 0.6 is 23.4 Å². The molecule has 1 atom stereocenters. The maximum absolute atomic E-state index is 14.5. The number of nitrogens with zero attached hydrogens (tertiary/aromatic N) is 1. The molecule has 0 aliphatic heterocycles. The molecule has 0 aliphatic rings. The van der Waals surface area contributed by atoms with Crippen molar-refractivity contribution in [2.75, 3.05) is 10.6 Å². The van der Waals surface area contributed by atoms with E-state index in [1.807, 2.05) is 0 Å². The van der Waals surface area contributed by atoms with Crippen molar-refractivity contribution in [3.63, 3.8) is 0 Å². The number of hydrogen-bond donors (Lipinski definition) is 3. The second-order valence-corrected chi connectivity index (χ2v) is 10.3. The number of hydrogen-bond acceptors (Lipinski definition) is 5. The number of carbonyl (C=O) groups excluding carboxylic acids is 3. The van der Waals surface area contributed by atoms with Crippen molar-refractivity contribution >= 4 is 58.5 Å². The van der Waals surface area contributed by atoms with E-state index >= 15 is 0 Å². The van der Waals surface area contributed by atoms with Crippen molar-refractivity contribution in [3.05, 3.63) is 125 Å². The van der Waals surface area contributed by atoms with Crippen LogP contribution in [0.3, 0.4) is 0 Å². The molecule has 0 saturated heterocycles. The molecule has 0 saturated carbocycles. The summed E-state index contributed by atoms with van der Waals surface area (Å²) in [5, 5.41) is 7.80. The number of aromatic nitrogens is 1. The molecular formula is C30H24ClFN4O3S. The lowest BCUT2D eigenvalue weighted by Crippen LogP contribution is -2.30. The minimum Gasteiger partial charge on any atom is -0.325 e. The zero-order valence-electron chi connectivity index (χ0n) is 21.2. The molecular weight excluding hydrogens is 551 g/mol. The topological polar surface area (TPSA) is 100 Å². The van der Waals surface area contributed by atoms with Crippen LogP contribution in [0.5, 0.6) is 0 Å². The molecule has 3 aromatic carbocycles. The van der Waals surface area contributed by atoms with Crippen LogP contribution in [0.15, 0.2) is 108 Å². The quantitative estimate of drug-likeness (QED) is 0.159. The number of benzene rings is 3. The predicted octanol–water partition coefficient (Wildman–Crippen LogP) is 6.40. The molecule has 40 heavy (non-hydrogen) atoms. The highest BCUT2D eigenvalue weighted by Crippen LogP contribution is 2.26. The fourth-order valence-corrected chi connectivity index (χ4v) is 4.57. The average molecular weight is 575 g/mol. The van der Waals surface area contributed by atoms with Gasteiger partial charge in [0.1, 0.15) is 11.5 Å². The van der Waals surface area contributed by atoms with Crippen LogP contribution in [0, 0.1) is 5.82 Å². The average Bonchev–Trinajstić information content (AvgIpc) is 2.96. The lowest BCUT2D eigenvalue weighted by Gasteiger charge is -2.14. The van der Waals surface area contributed by atoms with Crippen LogP contribution in [0.1, 0.15) is 22.8 Å². The summed E-state index contributed by atoms with van der Waals surface area (Å²) >= 11 is 7.51. The molecule has 0 spiro atoms. The fourth-order valence-electron chi connectivity index (χ4n) is 3.49. The maximum Gasteiger partial charge on any atom is 0.272 e. The Morgan fingerprint density at radius 1 is 0.875 bits per heavy atom. The van der Waals surface area contributed by atoms with Crippen molar-refractivity contribution in [2.24, 2.45) is 0 Å². The van der Waals surface area contributed by atoms with E-state index in [2.05, 4.69) is 20.9 Å². The van der Waals surface area contributed by atoms with E-state index in [0.29, 0.717) is 16.9 Å². The lowest BCUT2D eigenvalue weighted by atomic mass is 10.1. The Labute approximate surface area is 239 Å². The number of carbonyl (C=O) groups is 3. The highest BCUT2D eigenvalue weighted by molar-refractivity contribution is 8.00. The van der Waals surface area contributed by atoms with Gasteiger partial charge in [-0.25, -0.2) is 4.39 Å². The Kier molecular flexibility index (Phi) is 9.66. The van der Waals surface area contributed by atoms with Crippen LogP contribution in [-0.4, -0.2) is 28.0 Å². The van der Waals surface area contributed by atoms with Gasteiger partial charge in [0.2, 0.25) is 5.91 Å². The van der Waals surface area contributed by atoms with Crippen LogP contribution in [-0.2, 0) is 9.59 Å². The van der Waals surface area contributed by atoms with Gasteiger partial charge in [0, 0.05) is 39.8 Å². The van der Waals surface area contributed by atoms with Crippen molar-refractivity contribution in [1.29, 1.82) is 0 Å². The normalized spacial score (nSPS) is 11.8. The van der Waals surface area contributed by atoms with Crippen LogP contribution in [0.2, 0.25) is 5.02 Å². The second kappa shape index (κ2) is 13.5. The number of rotatable bonds is 9. The van der Waals surface area contributed by atoms with Gasteiger partial charge in [-0.2, -0.15) is 0 Å². The van der Waals surface area contributed by atoms with Gasteiger partial charge in [0.25, 0.3) is 11.8 Å². The Morgan fingerprint density at radius 2 is 1.55 bits per heavy atom. The molecule has 202 valence electrons. The molecule has 1 heterocycles. The summed E-state index contributed by atoms with van der Waals surface area (Å²) in [6.45, 7) is 1.79. The number of halogens is 2. The Bertz CT molecular complexity index is 1510. The second-order valence-electron chi connectivity index (χ2n) is 8.48. The smallest absolute Gasteiger partial charge is 0.272 e. The summed E-state index contributed by atoms with van der Waals surface area (Å²) in [5.74, 6) is -2.02. The molecule has 7 nitrogen and oxygen atoms in total. The van der Waals surface area contributed by atoms with Gasteiger partial charge in [0.05, 0.1) is 10.3 Å². The van der Waals surface area contributed by atoms with Gasteiger partial charge in [0.15, 0.2) is 0 Å². The van der Waals surface area contributed by atoms with Gasteiger partial charge < -0.3 is 16.0 Å². The first-order chi connectivity index (χ1) is 19.3. The number of amides is 3. The van der Waals surface area contributed by atoms with Crippen molar-refractivity contribution in [1.82, 2.24) is 10.3 Å². The molecule has 3 amide bonds. The Hall–Kier alpha value is -4.47. The number of nitrogens with one attached hydrogen (secondary N) is 3. The fraction of sp³-hybridized carbons (Fsp3) is 0.0667. The van der Waals surface area contributed by atoms with Gasteiger partial charge >= 0.3 is 0 Å². The van der Waals surface area contributed by atoms with Gasteiger partial charge in [-0.3, -0.25) is 19.4 Å². The SMILES string of the molecule is CC(Sc1ccc(NC(=O)/C(=C/c2c(F)cccc2Cl)NC(=O)c2ccccc2)cc1)C(=O)Nc1ccncc1.